The first-order valence-corrected chi connectivity index (χ1v) is 4.71. The van der Waals surface area contributed by atoms with Crippen molar-refractivity contribution in [3.8, 4) is 5.75 Å². The number of nitrogen functional groups attached to an aromatic ring is 1. The molecule has 0 saturated heterocycles. The van der Waals surface area contributed by atoms with E-state index in [0.717, 1.165) is 10.9 Å². The van der Waals surface area contributed by atoms with Crippen LogP contribution in [0.25, 0.3) is 10.9 Å². The molecule has 0 radical (unpaired) electrons. The average Bonchev–Trinajstić information content (AvgIpc) is 2.71. The molecule has 3 N–H and O–H groups in total. The van der Waals surface area contributed by atoms with E-state index >= 15 is 0 Å². The molecule has 0 spiro atoms. The second kappa shape index (κ2) is 3.77. The number of aromatic nitrogens is 1. The van der Waals surface area contributed by atoms with Crippen LogP contribution in [0.5, 0.6) is 5.75 Å². The van der Waals surface area contributed by atoms with E-state index < -0.39 is 5.97 Å². The van der Waals surface area contributed by atoms with Gasteiger partial charge in [-0.2, -0.15) is 0 Å². The van der Waals surface area contributed by atoms with Gasteiger partial charge in [0, 0.05) is 10.9 Å². The lowest BCUT2D eigenvalue weighted by Gasteiger charge is -2.04. The number of H-pyrrole nitrogens is 1. The highest BCUT2D eigenvalue weighted by molar-refractivity contribution is 5.99. The molecule has 0 amide bonds. The molecule has 84 valence electrons. The Morgan fingerprint density at radius 2 is 2.12 bits per heavy atom. The van der Waals surface area contributed by atoms with E-state index in [-0.39, 0.29) is 0 Å². The Bertz CT molecular complexity index is 545. The molecule has 5 nitrogen and oxygen atoms in total. The summed E-state index contributed by atoms with van der Waals surface area (Å²) in [5.74, 6) is 0.140. The fraction of sp³-hybridized carbons (Fsp3) is 0.182. The lowest BCUT2D eigenvalue weighted by molar-refractivity contribution is 0.0595. The maximum Gasteiger partial charge on any atom is 0.354 e. The van der Waals surface area contributed by atoms with E-state index in [1.54, 1.807) is 18.2 Å². The van der Waals surface area contributed by atoms with E-state index in [4.69, 9.17) is 10.5 Å². The van der Waals surface area contributed by atoms with E-state index in [1.165, 1.54) is 14.2 Å². The van der Waals surface area contributed by atoms with E-state index in [1.807, 2.05) is 0 Å². The predicted molar refractivity (Wildman–Crippen MR) is 60.6 cm³/mol. The van der Waals surface area contributed by atoms with Gasteiger partial charge in [0.05, 0.1) is 19.9 Å². The number of anilines is 1. The number of nitrogens with two attached hydrogens (primary N) is 1. The summed E-state index contributed by atoms with van der Waals surface area (Å²) in [7, 11) is 2.87. The van der Waals surface area contributed by atoms with Gasteiger partial charge in [0.1, 0.15) is 5.69 Å². The Labute approximate surface area is 92.1 Å². The SMILES string of the molecule is COC(=O)c1cc2c(OC)c(N)ccc2[nH]1. The number of rotatable bonds is 2. The van der Waals surface area contributed by atoms with Gasteiger partial charge in [-0.15, -0.1) is 0 Å². The minimum Gasteiger partial charge on any atom is -0.494 e. The Hall–Kier alpha value is -2.17. The number of hydrogen-bond acceptors (Lipinski definition) is 4. The standard InChI is InChI=1S/C11H12N2O3/c1-15-10-6-5-9(11(14)16-2)13-8(6)4-3-7(10)12/h3-5,13H,12H2,1-2H3. The highest BCUT2D eigenvalue weighted by atomic mass is 16.5. The fourth-order valence-corrected chi connectivity index (χ4v) is 1.64. The lowest BCUT2D eigenvalue weighted by atomic mass is 10.2. The molecule has 0 aliphatic rings. The Kier molecular flexibility index (Phi) is 2.44. The van der Waals surface area contributed by atoms with Gasteiger partial charge >= 0.3 is 5.97 Å². The van der Waals surface area contributed by atoms with Crippen LogP contribution in [-0.4, -0.2) is 25.2 Å². The van der Waals surface area contributed by atoms with Crippen molar-refractivity contribution < 1.29 is 14.3 Å². The van der Waals surface area contributed by atoms with Gasteiger partial charge < -0.3 is 20.2 Å². The number of fused-ring (bicyclic) bond motifs is 1. The molecule has 0 saturated carbocycles. The molecule has 16 heavy (non-hydrogen) atoms. The molecule has 0 bridgehead atoms. The van der Waals surface area contributed by atoms with E-state index in [2.05, 4.69) is 9.72 Å². The monoisotopic (exact) mass is 220 g/mol. The maximum atomic E-state index is 11.3. The van der Waals surface area contributed by atoms with Crippen molar-refractivity contribution >= 4 is 22.6 Å². The van der Waals surface area contributed by atoms with Crippen molar-refractivity contribution in [2.45, 2.75) is 0 Å². The summed E-state index contributed by atoms with van der Waals surface area (Å²) in [5.41, 5.74) is 7.45. The topological polar surface area (TPSA) is 77.3 Å². The fourth-order valence-electron chi connectivity index (χ4n) is 1.64. The number of benzene rings is 1. The summed E-state index contributed by atoms with van der Waals surface area (Å²) in [6, 6.07) is 5.18. The van der Waals surface area contributed by atoms with Gasteiger partial charge in [-0.3, -0.25) is 0 Å². The molecule has 2 rings (SSSR count). The second-order valence-electron chi connectivity index (χ2n) is 3.32. The van der Waals surface area contributed by atoms with Crippen LogP contribution in [0.1, 0.15) is 10.5 Å². The lowest BCUT2D eigenvalue weighted by Crippen LogP contribution is -2.00. The number of carbonyl (C=O) groups excluding carboxylic acids is 1. The van der Waals surface area contributed by atoms with Gasteiger partial charge in [0.15, 0.2) is 5.75 Å². The van der Waals surface area contributed by atoms with Crippen molar-refractivity contribution in [3.05, 3.63) is 23.9 Å². The van der Waals surface area contributed by atoms with Crippen LogP contribution in [0.2, 0.25) is 0 Å². The summed E-state index contributed by atoms with van der Waals surface area (Å²) in [6.45, 7) is 0. The highest BCUT2D eigenvalue weighted by Gasteiger charge is 2.13. The van der Waals surface area contributed by atoms with Crippen molar-refractivity contribution in [1.82, 2.24) is 4.98 Å². The zero-order chi connectivity index (χ0) is 11.7. The molecule has 0 fully saturated rings. The third-order valence-corrected chi connectivity index (χ3v) is 2.39. The Morgan fingerprint density at radius 3 is 2.75 bits per heavy atom. The predicted octanol–water partition coefficient (Wildman–Crippen LogP) is 1.55. The third kappa shape index (κ3) is 1.46. The van der Waals surface area contributed by atoms with Crippen LogP contribution >= 0.6 is 0 Å². The first-order chi connectivity index (χ1) is 7.67. The molecule has 0 aliphatic heterocycles. The van der Waals surface area contributed by atoms with E-state index in [0.29, 0.717) is 17.1 Å². The summed E-state index contributed by atoms with van der Waals surface area (Å²) < 4.78 is 9.82. The van der Waals surface area contributed by atoms with Crippen LogP contribution in [0.15, 0.2) is 18.2 Å². The summed E-state index contributed by atoms with van der Waals surface area (Å²) in [6.07, 6.45) is 0. The molecule has 1 aromatic heterocycles. The Balaban J connectivity index is 2.65. The molecule has 0 atom stereocenters. The molecule has 2 aromatic rings. The number of nitrogens with one attached hydrogen (secondary N) is 1. The van der Waals surface area contributed by atoms with Gasteiger partial charge in [0.25, 0.3) is 0 Å². The van der Waals surface area contributed by atoms with E-state index in [9.17, 15) is 4.79 Å². The van der Waals surface area contributed by atoms with Crippen molar-refractivity contribution in [2.75, 3.05) is 20.0 Å². The summed E-state index contributed by atoms with van der Waals surface area (Å²) in [4.78, 5) is 14.3. The smallest absolute Gasteiger partial charge is 0.354 e. The van der Waals surface area contributed by atoms with Gasteiger partial charge in [-0.05, 0) is 18.2 Å². The van der Waals surface area contributed by atoms with Crippen LogP contribution in [0, 0.1) is 0 Å². The number of aromatic amines is 1. The molecule has 5 heteroatoms. The molecule has 1 heterocycles. The summed E-state index contributed by atoms with van der Waals surface area (Å²) in [5, 5.41) is 0.767. The number of hydrogen-bond donors (Lipinski definition) is 2. The molecule has 0 unspecified atom stereocenters. The third-order valence-electron chi connectivity index (χ3n) is 2.39. The van der Waals surface area contributed by atoms with Crippen LogP contribution in [0.3, 0.4) is 0 Å². The number of esters is 1. The second-order valence-corrected chi connectivity index (χ2v) is 3.32. The van der Waals surface area contributed by atoms with Crippen molar-refractivity contribution in [2.24, 2.45) is 0 Å². The minimum absolute atomic E-state index is 0.376. The number of carbonyl (C=O) groups is 1. The number of methoxy groups -OCH3 is 2. The number of ether oxygens (including phenoxy) is 2. The molecular weight excluding hydrogens is 208 g/mol. The largest absolute Gasteiger partial charge is 0.494 e. The zero-order valence-corrected chi connectivity index (χ0v) is 9.03. The molecular formula is C11H12N2O3. The van der Waals surface area contributed by atoms with Crippen LogP contribution in [-0.2, 0) is 4.74 Å². The highest BCUT2D eigenvalue weighted by Crippen LogP contribution is 2.32. The Morgan fingerprint density at radius 1 is 1.38 bits per heavy atom. The van der Waals surface area contributed by atoms with Gasteiger partial charge in [-0.1, -0.05) is 0 Å². The summed E-state index contributed by atoms with van der Waals surface area (Å²) >= 11 is 0. The van der Waals surface area contributed by atoms with Crippen LogP contribution < -0.4 is 10.5 Å². The molecule has 1 aromatic carbocycles. The zero-order valence-electron chi connectivity index (χ0n) is 9.03. The van der Waals surface area contributed by atoms with Gasteiger partial charge in [-0.25, -0.2) is 4.79 Å². The first-order valence-electron chi connectivity index (χ1n) is 4.71. The van der Waals surface area contributed by atoms with Gasteiger partial charge in [0.2, 0.25) is 0 Å². The maximum absolute atomic E-state index is 11.3. The molecule has 0 aliphatic carbocycles. The van der Waals surface area contributed by atoms with Crippen molar-refractivity contribution in [1.29, 1.82) is 0 Å². The average molecular weight is 220 g/mol. The normalized spacial score (nSPS) is 10.4. The van der Waals surface area contributed by atoms with Crippen LogP contribution in [0.4, 0.5) is 5.69 Å². The quantitative estimate of drug-likeness (QED) is 0.594. The first kappa shape index (κ1) is 10.4. The van der Waals surface area contributed by atoms with Crippen molar-refractivity contribution in [3.63, 3.8) is 0 Å². The minimum atomic E-state index is -0.420.